The van der Waals surface area contributed by atoms with Crippen LogP contribution in [-0.4, -0.2) is 252 Å². The lowest BCUT2D eigenvalue weighted by atomic mass is 9.91. The second-order valence-corrected chi connectivity index (χ2v) is 36.0. The zero-order chi connectivity index (χ0) is 87.9. The molecule has 3 amide bonds. The first-order chi connectivity index (χ1) is 60.9. The van der Waals surface area contributed by atoms with Gasteiger partial charge in [-0.3, -0.25) is 24.2 Å². The predicted octanol–water partition coefficient (Wildman–Crippen LogP) is 11.4. The highest BCUT2D eigenvalue weighted by Gasteiger charge is 2.44. The monoisotopic (exact) mass is 1730 g/mol. The molecule has 10 aliphatic rings. The summed E-state index contributed by atoms with van der Waals surface area (Å²) in [5.74, 6) is 6.92. The largest absolute Gasteiger partial charge is 0.462 e. The van der Waals surface area contributed by atoms with Crippen LogP contribution in [-0.2, 0) is 59.5 Å². The van der Waals surface area contributed by atoms with Crippen molar-refractivity contribution in [2.75, 3.05) is 169 Å². The SMILES string of the molecule is C=CC(=O)N1CCN(c2nc(OC[C@@H]3CCCN3C)nc3c2CCN(c2cc(C4C[C@@H](COc5nc6c(c(N7CCN(C(=O)C8=CCC8)[C@@H](CC#N)C7)n5)CCN(c5cc(C7C[C@@H](COc8nc9c(c(N%10CCN(C(=O)C#CC)[C@@H](CC#N)C%10)n8)CCN(c8cccc%10cccc(Cl)c8%10)C9)N(C)C7)cc(C)c5C)C6)N(C)C4)cc(C)c2C(F)(F)F)C3)C[C@@H]1CC#N. The highest BCUT2D eigenvalue weighted by Crippen LogP contribution is 2.47. The third-order valence-corrected chi connectivity index (χ3v) is 28.3. The fraction of sp³-hybridized carbons (Fsp3) is 0.516. The molecule has 6 saturated heterocycles. The number of piperazine rings is 3. The summed E-state index contributed by atoms with van der Waals surface area (Å²) < 4.78 is 67.5. The molecule has 6 fully saturated rings. The Hall–Kier alpha value is -11.5. The maximum absolute atomic E-state index is 15.8. The number of hydrogen-bond acceptors (Lipinski definition) is 24. The molecule has 0 bridgehead atoms. The lowest BCUT2D eigenvalue weighted by molar-refractivity contribution is -0.137. The van der Waals surface area contributed by atoms with Crippen LogP contribution in [0, 0.1) is 66.6 Å². The first-order valence-corrected chi connectivity index (χ1v) is 44.8. The van der Waals surface area contributed by atoms with E-state index in [1.165, 1.54) is 11.6 Å². The van der Waals surface area contributed by atoms with Gasteiger partial charge in [-0.2, -0.15) is 58.9 Å². The average molecular weight is 1730 g/mol. The lowest BCUT2D eigenvalue weighted by Gasteiger charge is -2.43. The Bertz CT molecular complexity index is 5620. The van der Waals surface area contributed by atoms with Crippen molar-refractivity contribution in [2.45, 2.75) is 179 Å². The number of hydrogen-bond donors (Lipinski definition) is 0. The number of likely N-dealkylation sites (N-methyl/N-ethyl adjacent to an activating group) is 3. The standard InChI is InChI=1S/C95H109ClF3N21O6/c1-9-15-85(122)119-40-37-116(51-69(119)24-30-101)88-74-26-33-112(81-22-13-17-62-16-12-21-77(96)86(62)81)53-78(74)103-93(107-88)125-57-72-44-66(48-110(72)7)64-42-59(3)61(5)82(46-64)113-34-27-75-79(54-113)104-94(108-90(75)117-38-41-120(70(52-117)25-31-102)91(123)63-18-11-19-63)126-58-73-45-67(49-111(73)8)65-43-60(4)87(95(97,98)99)83(47-65)114-35-28-76-80(55-114)105-92(124-56-71-20-14-32-109(71)6)106-89(76)115-36-39-118(84(121)10-2)68(50-115)23-29-100/h10,12-13,16-18,21-22,42-43,46-47,66-73H,2,11,14,19-20,23-28,32-41,44-45,48-58H2,1,3-8H3/t66?,67?,68-,69-,70-,71-,72-,73-/m0/s1. The summed E-state index contributed by atoms with van der Waals surface area (Å²) in [6, 6.07) is 26.6. The Kier molecular flexibility index (Phi) is 25.3. The molecule has 31 heteroatoms. The van der Waals surface area contributed by atoms with E-state index in [2.05, 4.69) is 140 Å². The third kappa shape index (κ3) is 17.6. The summed E-state index contributed by atoms with van der Waals surface area (Å²) in [6.45, 7) is 20.6. The number of nitrogens with zero attached hydrogens (tertiary/aromatic N) is 21. The van der Waals surface area contributed by atoms with Crippen molar-refractivity contribution < 1.29 is 41.8 Å². The molecule has 9 aliphatic heterocycles. The molecule has 1 aliphatic carbocycles. The number of amides is 3. The number of likely N-dealkylation sites (tertiary alicyclic amines) is 3. The quantitative estimate of drug-likeness (QED) is 0.0451. The zero-order valence-electron chi connectivity index (χ0n) is 72.9. The van der Waals surface area contributed by atoms with Gasteiger partial charge in [0.05, 0.1) is 103 Å². The first kappa shape index (κ1) is 86.6. The van der Waals surface area contributed by atoms with Crippen LogP contribution in [0.2, 0.25) is 5.02 Å². The van der Waals surface area contributed by atoms with Gasteiger partial charge >= 0.3 is 24.2 Å². The number of carbonyl (C=O) groups excluding carboxylic acids is 3. The van der Waals surface area contributed by atoms with Crippen LogP contribution in [0.3, 0.4) is 0 Å². The first-order valence-electron chi connectivity index (χ1n) is 44.4. The van der Waals surface area contributed by atoms with Crippen LogP contribution < -0.4 is 43.6 Å². The number of anilines is 6. The molecule has 0 N–H and O–H groups in total. The second kappa shape index (κ2) is 36.8. The third-order valence-electron chi connectivity index (χ3n) is 28.0. The van der Waals surface area contributed by atoms with Gasteiger partial charge in [0, 0.05) is 154 Å². The van der Waals surface area contributed by atoms with Gasteiger partial charge in [-0.15, -0.1) is 0 Å². The van der Waals surface area contributed by atoms with Gasteiger partial charge in [0.25, 0.3) is 5.91 Å². The summed E-state index contributed by atoms with van der Waals surface area (Å²) in [7, 11) is 6.22. The topological polar surface area (TPSA) is 266 Å². The van der Waals surface area contributed by atoms with E-state index in [9.17, 15) is 30.2 Å². The number of alkyl halides is 3. The number of fused-ring (bicyclic) bond motifs is 4. The number of rotatable bonds is 22. The number of ether oxygens (including phenoxy) is 3. The maximum Gasteiger partial charge on any atom is 0.418 e. The van der Waals surface area contributed by atoms with Crippen molar-refractivity contribution in [3.63, 3.8) is 0 Å². The van der Waals surface area contributed by atoms with Crippen LogP contribution in [0.15, 0.2) is 85.0 Å². The predicted molar refractivity (Wildman–Crippen MR) is 476 cm³/mol. The fourth-order valence-corrected chi connectivity index (χ4v) is 21.2. The molecule has 7 aromatic rings. The summed E-state index contributed by atoms with van der Waals surface area (Å²) in [5.41, 5.74) is 11.8. The molecule has 3 aromatic heterocycles. The number of allylic oxidation sites excluding steroid dienone is 1. The fourth-order valence-electron chi connectivity index (χ4n) is 20.9. The van der Waals surface area contributed by atoms with Gasteiger partial charge in [-0.1, -0.05) is 66.6 Å². The molecule has 658 valence electrons. The molecule has 12 heterocycles. The molecule has 27 nitrogen and oxygen atoms in total. The molecule has 0 spiro atoms. The van der Waals surface area contributed by atoms with Crippen molar-refractivity contribution in [1.82, 2.24) is 59.3 Å². The van der Waals surface area contributed by atoms with Crippen molar-refractivity contribution in [3.05, 3.63) is 157 Å². The van der Waals surface area contributed by atoms with E-state index in [0.717, 1.165) is 129 Å². The molecule has 2 unspecified atom stereocenters. The number of aryl methyl sites for hydroxylation is 2. The van der Waals surface area contributed by atoms with E-state index >= 15 is 13.2 Å². The van der Waals surface area contributed by atoms with Gasteiger partial charge in [-0.05, 0) is 194 Å². The van der Waals surface area contributed by atoms with E-state index in [4.69, 9.17) is 55.7 Å². The van der Waals surface area contributed by atoms with Crippen molar-refractivity contribution >= 4 is 74.6 Å². The molecule has 0 radical (unpaired) electrons. The Morgan fingerprint density at radius 1 is 0.540 bits per heavy atom. The Morgan fingerprint density at radius 3 is 1.49 bits per heavy atom. The van der Waals surface area contributed by atoms with Crippen molar-refractivity contribution in [3.8, 4) is 48.1 Å². The molecule has 126 heavy (non-hydrogen) atoms. The summed E-state index contributed by atoms with van der Waals surface area (Å²) in [4.78, 5) is 96.4. The molecule has 17 rings (SSSR count). The highest BCUT2D eigenvalue weighted by molar-refractivity contribution is 6.36. The molecular weight excluding hydrogens is 1620 g/mol. The number of nitriles is 3. The van der Waals surface area contributed by atoms with Gasteiger partial charge in [0.2, 0.25) is 11.8 Å². The Balaban J connectivity index is 0.618. The van der Waals surface area contributed by atoms with Gasteiger partial charge < -0.3 is 63.2 Å². The smallest absolute Gasteiger partial charge is 0.418 e. The summed E-state index contributed by atoms with van der Waals surface area (Å²) in [5, 5.41) is 32.9. The minimum absolute atomic E-state index is 0.00611. The van der Waals surface area contributed by atoms with Crippen molar-refractivity contribution in [1.29, 1.82) is 15.8 Å². The number of benzene rings is 4. The minimum atomic E-state index is -4.69. The van der Waals surface area contributed by atoms with Crippen LogP contribution >= 0.6 is 11.6 Å². The van der Waals surface area contributed by atoms with Gasteiger partial charge in [0.15, 0.2) is 0 Å². The van der Waals surface area contributed by atoms with Crippen LogP contribution in [0.5, 0.6) is 18.0 Å². The van der Waals surface area contributed by atoms with E-state index < -0.39 is 23.8 Å². The minimum Gasteiger partial charge on any atom is -0.462 e. The van der Waals surface area contributed by atoms with Gasteiger partial charge in [0.1, 0.15) is 37.3 Å². The molecule has 8 atom stereocenters. The maximum atomic E-state index is 15.8. The Labute approximate surface area is 739 Å². The summed E-state index contributed by atoms with van der Waals surface area (Å²) >= 11 is 6.94. The van der Waals surface area contributed by atoms with Crippen LogP contribution in [0.25, 0.3) is 10.8 Å². The second-order valence-electron chi connectivity index (χ2n) is 35.6. The van der Waals surface area contributed by atoms with Crippen LogP contribution in [0.1, 0.15) is 144 Å². The molecule has 4 aromatic carbocycles. The van der Waals surface area contributed by atoms with E-state index in [-0.39, 0.29) is 122 Å². The highest BCUT2D eigenvalue weighted by atomic mass is 35.5. The van der Waals surface area contributed by atoms with Gasteiger partial charge in [-0.25, -0.2) is 0 Å². The average Bonchev–Trinajstić information content (AvgIpc) is 1.05. The van der Waals surface area contributed by atoms with E-state index in [0.29, 0.717) is 147 Å². The summed E-state index contributed by atoms with van der Waals surface area (Å²) in [6.07, 6.45) is 5.46. The number of aromatic nitrogens is 6. The van der Waals surface area contributed by atoms with E-state index in [1.54, 1.807) is 40.7 Å². The normalized spacial score (nSPS) is 22.9. The molecule has 0 saturated carbocycles. The van der Waals surface area contributed by atoms with Crippen LogP contribution in [0.4, 0.5) is 47.7 Å². The Morgan fingerprint density at radius 2 is 1.01 bits per heavy atom. The van der Waals surface area contributed by atoms with E-state index in [1.807, 2.05) is 30.2 Å². The number of carbonyl (C=O) groups is 3. The zero-order valence-corrected chi connectivity index (χ0v) is 73.7. The molecular formula is C95H109ClF3N21O6. The number of halogens is 4. The van der Waals surface area contributed by atoms with Crippen molar-refractivity contribution in [2.24, 2.45) is 0 Å². The lowest BCUT2D eigenvalue weighted by Crippen LogP contribution is -2.56.